The van der Waals surface area contributed by atoms with Crippen molar-refractivity contribution in [1.82, 2.24) is 19.9 Å². The number of aryl methyl sites for hydroxylation is 1. The number of carbonyl (C=O) groups excluding carboxylic acids is 2. The molecule has 44 heavy (non-hydrogen) atoms. The molecule has 4 heterocycles. The highest BCUT2D eigenvalue weighted by atomic mass is 19.1. The summed E-state index contributed by atoms with van der Waals surface area (Å²) in [7, 11) is 0. The van der Waals surface area contributed by atoms with E-state index >= 15 is 0 Å². The van der Waals surface area contributed by atoms with E-state index in [0.29, 0.717) is 58.0 Å². The molecule has 5 N–H and O–H groups in total. The molecule has 0 aliphatic carbocycles. The number of anilines is 3. The Morgan fingerprint density at radius 2 is 1.82 bits per heavy atom. The van der Waals surface area contributed by atoms with Crippen molar-refractivity contribution in [3.8, 4) is 0 Å². The van der Waals surface area contributed by atoms with Crippen molar-refractivity contribution in [3.05, 3.63) is 72.1 Å². The smallest absolute Gasteiger partial charge is 0.321 e. The Labute approximate surface area is 254 Å². The standard InChI is InChI=1S/C16H19FN6O.C14H18N2O4/c17-13-15(20-8-12-5-1-2-6-19-12)21-10-22-16(13)23-7-3-4-11(9-23)14(18)24;17-13(18)6-3-11-1-4-12(5-2-11)15-14(19)16-7-9-20-10-8-16/h1-2,5-6,10-11H,3-4,7-9H2,(H2,18,24)(H,20,21,22);1-2,4-5H,3,6-10H2,(H,15,19)(H,17,18). The van der Waals surface area contributed by atoms with Crippen LogP contribution in [-0.2, 0) is 27.3 Å². The van der Waals surface area contributed by atoms with Gasteiger partial charge in [-0.1, -0.05) is 18.2 Å². The second-order valence-corrected chi connectivity index (χ2v) is 10.3. The monoisotopic (exact) mass is 608 g/mol. The number of carbonyl (C=O) groups is 3. The number of halogens is 1. The molecular formula is C30H37FN8O5. The number of ether oxygens (including phenoxy) is 1. The Bertz CT molecular complexity index is 1390. The van der Waals surface area contributed by atoms with Crippen molar-refractivity contribution < 1.29 is 28.6 Å². The van der Waals surface area contributed by atoms with E-state index in [1.807, 2.05) is 30.3 Å². The maximum Gasteiger partial charge on any atom is 0.321 e. The molecule has 0 radical (unpaired) electrons. The molecular weight excluding hydrogens is 571 g/mol. The molecule has 1 atom stereocenters. The number of benzene rings is 1. The van der Waals surface area contributed by atoms with E-state index in [-0.39, 0.29) is 35.9 Å². The third kappa shape index (κ3) is 9.59. The number of piperidine rings is 1. The average molecular weight is 609 g/mol. The van der Waals surface area contributed by atoms with Crippen LogP contribution in [0.3, 0.4) is 0 Å². The van der Waals surface area contributed by atoms with Crippen molar-refractivity contribution in [1.29, 1.82) is 0 Å². The topological polar surface area (TPSA) is 176 Å². The predicted molar refractivity (Wildman–Crippen MR) is 161 cm³/mol. The van der Waals surface area contributed by atoms with Crippen molar-refractivity contribution in [2.24, 2.45) is 11.7 Å². The molecule has 3 amide bonds. The van der Waals surface area contributed by atoms with Gasteiger partial charge in [0.2, 0.25) is 11.7 Å². The third-order valence-electron chi connectivity index (χ3n) is 7.19. The largest absolute Gasteiger partial charge is 0.481 e. The summed E-state index contributed by atoms with van der Waals surface area (Å²) in [5, 5.41) is 14.4. The normalized spacial score (nSPS) is 16.3. The molecule has 5 rings (SSSR count). The van der Waals surface area contributed by atoms with Gasteiger partial charge in [0, 0.05) is 44.5 Å². The molecule has 1 unspecified atom stereocenters. The summed E-state index contributed by atoms with van der Waals surface area (Å²) >= 11 is 0. The SMILES string of the molecule is NC(=O)C1CCCN(c2ncnc(NCc3ccccn3)c2F)C1.O=C(O)CCc1ccc(NC(=O)N2CCOCC2)cc1. The fourth-order valence-electron chi connectivity index (χ4n) is 4.76. The van der Waals surface area contributed by atoms with Crippen LogP contribution in [0, 0.1) is 11.7 Å². The van der Waals surface area contributed by atoms with Gasteiger partial charge in [-0.3, -0.25) is 14.6 Å². The van der Waals surface area contributed by atoms with E-state index in [1.165, 1.54) is 6.33 Å². The second-order valence-electron chi connectivity index (χ2n) is 10.3. The van der Waals surface area contributed by atoms with Gasteiger partial charge >= 0.3 is 12.0 Å². The number of hydrogen-bond acceptors (Lipinski definition) is 9. The first-order valence-electron chi connectivity index (χ1n) is 14.4. The zero-order valence-corrected chi connectivity index (χ0v) is 24.3. The number of aliphatic carboxylic acids is 1. The van der Waals surface area contributed by atoms with E-state index < -0.39 is 11.8 Å². The Hall–Kier alpha value is -4.85. The quantitative estimate of drug-likeness (QED) is 0.283. The number of aromatic nitrogens is 3. The second kappa shape index (κ2) is 16.1. The lowest BCUT2D eigenvalue weighted by molar-refractivity contribution is -0.137. The number of rotatable bonds is 9. The molecule has 0 spiro atoms. The molecule has 234 valence electrons. The highest BCUT2D eigenvalue weighted by Crippen LogP contribution is 2.26. The van der Waals surface area contributed by atoms with Gasteiger partial charge in [-0.05, 0) is 49.1 Å². The van der Waals surface area contributed by atoms with Crippen LogP contribution in [0.4, 0.5) is 26.5 Å². The molecule has 3 aromatic rings. The lowest BCUT2D eigenvalue weighted by Crippen LogP contribution is -2.43. The molecule has 0 saturated carbocycles. The minimum atomic E-state index is -0.810. The van der Waals surface area contributed by atoms with Crippen molar-refractivity contribution in [2.45, 2.75) is 32.2 Å². The first-order chi connectivity index (χ1) is 21.3. The summed E-state index contributed by atoms with van der Waals surface area (Å²) in [6.07, 6.45) is 5.09. The summed E-state index contributed by atoms with van der Waals surface area (Å²) in [5.74, 6) is -1.67. The van der Waals surface area contributed by atoms with Gasteiger partial charge in [0.1, 0.15) is 6.33 Å². The Morgan fingerprint density at radius 3 is 2.50 bits per heavy atom. The van der Waals surface area contributed by atoms with Crippen LogP contribution in [0.2, 0.25) is 0 Å². The first-order valence-corrected chi connectivity index (χ1v) is 14.4. The van der Waals surface area contributed by atoms with E-state index in [0.717, 1.165) is 24.1 Å². The van der Waals surface area contributed by atoms with Crippen LogP contribution in [-0.4, -0.2) is 82.3 Å². The van der Waals surface area contributed by atoms with Crippen molar-refractivity contribution in [2.75, 3.05) is 54.9 Å². The number of pyridine rings is 1. The number of nitrogens with one attached hydrogen (secondary N) is 2. The van der Waals surface area contributed by atoms with Gasteiger partial charge in [0.15, 0.2) is 11.6 Å². The van der Waals surface area contributed by atoms with E-state index in [1.54, 1.807) is 28.1 Å². The van der Waals surface area contributed by atoms with Gasteiger partial charge < -0.3 is 36.0 Å². The number of nitrogens with two attached hydrogens (primary N) is 1. The summed E-state index contributed by atoms with van der Waals surface area (Å²) in [6.45, 7) is 3.71. The molecule has 13 nitrogen and oxygen atoms in total. The zero-order valence-electron chi connectivity index (χ0n) is 24.3. The van der Waals surface area contributed by atoms with Gasteiger partial charge in [0.25, 0.3) is 0 Å². The van der Waals surface area contributed by atoms with Crippen LogP contribution < -0.4 is 21.3 Å². The molecule has 2 saturated heterocycles. The summed E-state index contributed by atoms with van der Waals surface area (Å²) in [5.41, 5.74) is 7.81. The lowest BCUT2D eigenvalue weighted by Gasteiger charge is -2.32. The number of urea groups is 1. The Morgan fingerprint density at radius 1 is 1.05 bits per heavy atom. The summed E-state index contributed by atoms with van der Waals surface area (Å²) < 4.78 is 19.9. The van der Waals surface area contributed by atoms with Crippen molar-refractivity contribution >= 4 is 35.2 Å². The highest BCUT2D eigenvalue weighted by molar-refractivity contribution is 5.89. The summed E-state index contributed by atoms with van der Waals surface area (Å²) in [4.78, 5) is 49.5. The predicted octanol–water partition coefficient (Wildman–Crippen LogP) is 2.89. The maximum absolute atomic E-state index is 14.7. The van der Waals surface area contributed by atoms with Crippen LogP contribution in [0.15, 0.2) is 55.0 Å². The van der Waals surface area contributed by atoms with E-state index in [4.69, 9.17) is 15.6 Å². The Balaban J connectivity index is 0.000000204. The molecule has 2 aromatic heterocycles. The van der Waals surface area contributed by atoms with Gasteiger partial charge in [0.05, 0.1) is 31.4 Å². The van der Waals surface area contributed by atoms with Gasteiger partial charge in [-0.2, -0.15) is 4.39 Å². The number of amides is 3. The van der Waals surface area contributed by atoms with E-state index in [9.17, 15) is 18.8 Å². The maximum atomic E-state index is 14.7. The molecule has 2 aliphatic rings. The zero-order chi connectivity index (χ0) is 31.3. The first kappa shape index (κ1) is 32.1. The van der Waals surface area contributed by atoms with Crippen LogP contribution in [0.5, 0.6) is 0 Å². The number of nitrogens with zero attached hydrogens (tertiary/aromatic N) is 5. The van der Waals surface area contributed by atoms with Gasteiger partial charge in [-0.15, -0.1) is 0 Å². The number of hydrogen-bond donors (Lipinski definition) is 4. The number of carboxylic acid groups (broad SMARTS) is 1. The molecule has 2 aliphatic heterocycles. The lowest BCUT2D eigenvalue weighted by atomic mass is 9.97. The molecule has 1 aromatic carbocycles. The highest BCUT2D eigenvalue weighted by Gasteiger charge is 2.27. The molecule has 2 fully saturated rings. The molecule has 0 bridgehead atoms. The van der Waals surface area contributed by atoms with Gasteiger partial charge in [-0.25, -0.2) is 14.8 Å². The average Bonchev–Trinajstić information content (AvgIpc) is 3.05. The molecule has 14 heteroatoms. The Kier molecular flexibility index (Phi) is 11.8. The van der Waals surface area contributed by atoms with Crippen molar-refractivity contribution in [3.63, 3.8) is 0 Å². The summed E-state index contributed by atoms with van der Waals surface area (Å²) in [6, 6.07) is 12.6. The van der Waals surface area contributed by atoms with Crippen LogP contribution >= 0.6 is 0 Å². The third-order valence-corrected chi connectivity index (χ3v) is 7.19. The fraction of sp³-hybridized carbons (Fsp3) is 0.400. The fourth-order valence-corrected chi connectivity index (χ4v) is 4.76. The van der Waals surface area contributed by atoms with Crippen LogP contribution in [0.1, 0.15) is 30.5 Å². The minimum absolute atomic E-state index is 0.111. The minimum Gasteiger partial charge on any atom is -0.481 e. The number of primary amides is 1. The number of carboxylic acids is 1. The number of morpholine rings is 1. The van der Waals surface area contributed by atoms with E-state index in [2.05, 4.69) is 25.6 Å². The van der Waals surface area contributed by atoms with Crippen LogP contribution in [0.25, 0.3) is 0 Å².